The van der Waals surface area contributed by atoms with Crippen molar-refractivity contribution >= 4 is 5.97 Å². The van der Waals surface area contributed by atoms with Crippen LogP contribution in [0.1, 0.15) is 15.9 Å². The number of hydrogen-bond donors (Lipinski definition) is 0. The van der Waals surface area contributed by atoms with Crippen LogP contribution in [-0.2, 0) is 0 Å². The number of aromatic carboxylic acids is 1. The van der Waals surface area contributed by atoms with Gasteiger partial charge in [-0.1, -0.05) is 35.9 Å². The summed E-state index contributed by atoms with van der Waals surface area (Å²) in [5, 5.41) is 10.6. The topological polar surface area (TPSA) is 40.1 Å². The maximum Gasteiger partial charge on any atom is 0.132 e. The van der Waals surface area contributed by atoms with Crippen LogP contribution in [0, 0.1) is 12.7 Å². The van der Waals surface area contributed by atoms with Crippen LogP contribution in [0.25, 0.3) is 11.1 Å². The number of hydrogen-bond acceptors (Lipinski definition) is 2. The first-order chi connectivity index (χ1) is 8.08. The van der Waals surface area contributed by atoms with Crippen LogP contribution < -0.4 is 5.11 Å². The first-order valence-corrected chi connectivity index (χ1v) is 5.16. The van der Waals surface area contributed by atoms with Crippen molar-refractivity contribution in [3.8, 4) is 11.1 Å². The van der Waals surface area contributed by atoms with Gasteiger partial charge in [-0.3, -0.25) is 0 Å². The summed E-state index contributed by atoms with van der Waals surface area (Å²) in [6.07, 6.45) is 0. The average molecular weight is 229 g/mol. The zero-order chi connectivity index (χ0) is 12.4. The van der Waals surface area contributed by atoms with Gasteiger partial charge in [0.05, 0.1) is 5.97 Å². The van der Waals surface area contributed by atoms with Crippen LogP contribution in [0.2, 0.25) is 0 Å². The van der Waals surface area contributed by atoms with E-state index in [9.17, 15) is 14.3 Å². The second kappa shape index (κ2) is 4.37. The van der Waals surface area contributed by atoms with Crippen molar-refractivity contribution in [2.24, 2.45) is 0 Å². The summed E-state index contributed by atoms with van der Waals surface area (Å²) in [6.45, 7) is 1.96. The molecule has 2 aromatic carbocycles. The average Bonchev–Trinajstić information content (AvgIpc) is 2.29. The molecule has 86 valence electrons. The van der Waals surface area contributed by atoms with Crippen molar-refractivity contribution in [1.29, 1.82) is 0 Å². The van der Waals surface area contributed by atoms with Crippen LogP contribution in [0.5, 0.6) is 0 Å². The smallest absolute Gasteiger partial charge is 0.132 e. The van der Waals surface area contributed by atoms with Crippen molar-refractivity contribution in [2.75, 3.05) is 0 Å². The van der Waals surface area contributed by atoms with Gasteiger partial charge >= 0.3 is 0 Å². The van der Waals surface area contributed by atoms with Gasteiger partial charge in [0.1, 0.15) is 5.82 Å². The molecule has 0 saturated carbocycles. The summed E-state index contributed by atoms with van der Waals surface area (Å²) in [5.41, 5.74) is 2.19. The van der Waals surface area contributed by atoms with E-state index >= 15 is 0 Å². The molecule has 0 bridgehead atoms. The highest BCUT2D eigenvalue weighted by Crippen LogP contribution is 2.22. The van der Waals surface area contributed by atoms with Gasteiger partial charge in [0.25, 0.3) is 0 Å². The Hall–Kier alpha value is -2.16. The third-order valence-corrected chi connectivity index (χ3v) is 2.57. The van der Waals surface area contributed by atoms with E-state index in [-0.39, 0.29) is 0 Å². The molecule has 0 aromatic heterocycles. The van der Waals surface area contributed by atoms with Crippen molar-refractivity contribution < 1.29 is 14.3 Å². The molecule has 0 spiro atoms. The fourth-order valence-corrected chi connectivity index (χ4v) is 1.61. The third kappa shape index (κ3) is 2.33. The Morgan fingerprint density at radius 3 is 2.18 bits per heavy atom. The molecule has 2 rings (SSSR count). The lowest BCUT2D eigenvalue weighted by molar-refractivity contribution is -0.255. The summed E-state index contributed by atoms with van der Waals surface area (Å²) in [6, 6.07) is 11.6. The molecule has 3 heteroatoms. The van der Waals surface area contributed by atoms with Crippen molar-refractivity contribution in [3.05, 3.63) is 59.4 Å². The van der Waals surface area contributed by atoms with Gasteiger partial charge in [-0.25, -0.2) is 4.39 Å². The number of carbonyl (C=O) groups is 1. The molecule has 0 unspecified atom stereocenters. The van der Waals surface area contributed by atoms with E-state index in [0.29, 0.717) is 5.56 Å². The zero-order valence-corrected chi connectivity index (χ0v) is 9.24. The van der Waals surface area contributed by atoms with E-state index in [1.807, 2.05) is 31.2 Å². The third-order valence-electron chi connectivity index (χ3n) is 2.57. The molecule has 0 aliphatic heterocycles. The lowest BCUT2D eigenvalue weighted by atomic mass is 10.0. The zero-order valence-electron chi connectivity index (χ0n) is 9.24. The molecule has 0 heterocycles. The number of benzene rings is 2. The first-order valence-electron chi connectivity index (χ1n) is 5.16. The normalized spacial score (nSPS) is 10.2. The van der Waals surface area contributed by atoms with Gasteiger partial charge in [-0.05, 0) is 30.2 Å². The summed E-state index contributed by atoms with van der Waals surface area (Å²) in [5.74, 6) is -2.28. The summed E-state index contributed by atoms with van der Waals surface area (Å²) < 4.78 is 13.4. The monoisotopic (exact) mass is 229 g/mol. The van der Waals surface area contributed by atoms with E-state index in [1.165, 1.54) is 12.1 Å². The molecule has 2 nitrogen and oxygen atoms in total. The Kier molecular flexibility index (Phi) is 2.91. The molecule has 0 aliphatic rings. The van der Waals surface area contributed by atoms with Crippen LogP contribution >= 0.6 is 0 Å². The molecule has 0 N–H and O–H groups in total. The minimum atomic E-state index is -1.50. The molecule has 0 fully saturated rings. The molecule has 0 radical (unpaired) electrons. The fourth-order valence-electron chi connectivity index (χ4n) is 1.61. The SMILES string of the molecule is Cc1ccc(-c2ccc(C(=O)[O-])c(F)c2)cc1. The minimum absolute atomic E-state index is 0.416. The van der Waals surface area contributed by atoms with E-state index in [4.69, 9.17) is 0 Å². The Labute approximate surface area is 98.3 Å². The van der Waals surface area contributed by atoms with Crippen molar-refractivity contribution in [3.63, 3.8) is 0 Å². The second-order valence-electron chi connectivity index (χ2n) is 3.85. The van der Waals surface area contributed by atoms with E-state index in [2.05, 4.69) is 0 Å². The number of aryl methyl sites for hydroxylation is 1. The van der Waals surface area contributed by atoms with Gasteiger partial charge in [-0.2, -0.15) is 0 Å². The fraction of sp³-hybridized carbons (Fsp3) is 0.0714. The van der Waals surface area contributed by atoms with Crippen LogP contribution in [-0.4, -0.2) is 5.97 Å². The molecule has 0 aliphatic carbocycles. The standard InChI is InChI=1S/C14H11FO2/c1-9-2-4-10(5-3-9)11-6-7-12(14(16)17)13(15)8-11/h2-8H,1H3,(H,16,17)/p-1. The maximum absolute atomic E-state index is 13.4. The summed E-state index contributed by atoms with van der Waals surface area (Å²) >= 11 is 0. The predicted molar refractivity (Wildman–Crippen MR) is 60.9 cm³/mol. The molecule has 0 atom stereocenters. The summed E-state index contributed by atoms with van der Waals surface area (Å²) in [7, 11) is 0. The second-order valence-corrected chi connectivity index (χ2v) is 3.85. The Morgan fingerprint density at radius 1 is 1.06 bits per heavy atom. The van der Waals surface area contributed by atoms with Gasteiger partial charge < -0.3 is 9.90 Å². The quantitative estimate of drug-likeness (QED) is 0.791. The molecule has 0 saturated heterocycles. The molecular formula is C14H10FO2-. The first kappa shape index (κ1) is 11.3. The van der Waals surface area contributed by atoms with Gasteiger partial charge in [0, 0.05) is 5.56 Å². The van der Waals surface area contributed by atoms with Crippen molar-refractivity contribution in [1.82, 2.24) is 0 Å². The van der Waals surface area contributed by atoms with E-state index in [1.54, 1.807) is 6.07 Å². The van der Waals surface area contributed by atoms with Crippen LogP contribution in [0.4, 0.5) is 4.39 Å². The molecule has 17 heavy (non-hydrogen) atoms. The highest BCUT2D eigenvalue weighted by molar-refractivity contribution is 5.87. The predicted octanol–water partition coefficient (Wildman–Crippen LogP) is 2.16. The molecular weight excluding hydrogens is 219 g/mol. The van der Waals surface area contributed by atoms with Gasteiger partial charge in [0.15, 0.2) is 0 Å². The lowest BCUT2D eigenvalue weighted by Crippen LogP contribution is -2.23. The highest BCUT2D eigenvalue weighted by Gasteiger charge is 2.05. The Balaban J connectivity index is 2.44. The number of halogens is 1. The Bertz CT molecular complexity index is 559. The van der Waals surface area contributed by atoms with Crippen LogP contribution in [0.15, 0.2) is 42.5 Å². The van der Waals surface area contributed by atoms with E-state index < -0.39 is 17.3 Å². The maximum atomic E-state index is 13.4. The van der Waals surface area contributed by atoms with Crippen molar-refractivity contribution in [2.45, 2.75) is 6.92 Å². The number of carboxylic acid groups (broad SMARTS) is 1. The van der Waals surface area contributed by atoms with E-state index in [0.717, 1.165) is 11.1 Å². The molecule has 2 aromatic rings. The largest absolute Gasteiger partial charge is 0.545 e. The van der Waals surface area contributed by atoms with Crippen LogP contribution in [0.3, 0.4) is 0 Å². The molecule has 0 amide bonds. The van der Waals surface area contributed by atoms with Gasteiger partial charge in [-0.15, -0.1) is 0 Å². The summed E-state index contributed by atoms with van der Waals surface area (Å²) in [4.78, 5) is 10.6. The highest BCUT2D eigenvalue weighted by atomic mass is 19.1. The number of carbonyl (C=O) groups excluding carboxylic acids is 1. The number of carboxylic acids is 1. The lowest BCUT2D eigenvalue weighted by Gasteiger charge is -2.07. The van der Waals surface area contributed by atoms with Gasteiger partial charge in [0.2, 0.25) is 0 Å². The Morgan fingerprint density at radius 2 is 1.65 bits per heavy atom. The number of rotatable bonds is 2. The minimum Gasteiger partial charge on any atom is -0.545 e.